The van der Waals surface area contributed by atoms with Crippen molar-refractivity contribution in [1.29, 1.82) is 0 Å². The van der Waals surface area contributed by atoms with E-state index in [4.69, 9.17) is 14.2 Å². The van der Waals surface area contributed by atoms with Gasteiger partial charge in [0.25, 0.3) is 0 Å². The number of fused-ring (bicyclic) bond motifs is 1. The van der Waals surface area contributed by atoms with Crippen LogP contribution < -0.4 is 14.2 Å². The average molecular weight is 270 g/mol. The number of rotatable bonds is 4. The van der Waals surface area contributed by atoms with Gasteiger partial charge in [0.1, 0.15) is 5.75 Å². The highest BCUT2D eigenvalue weighted by Crippen LogP contribution is 2.32. The zero-order chi connectivity index (χ0) is 13.9. The third-order valence-electron chi connectivity index (χ3n) is 3.15. The van der Waals surface area contributed by atoms with Gasteiger partial charge in [-0.05, 0) is 36.8 Å². The summed E-state index contributed by atoms with van der Waals surface area (Å²) in [6.45, 7) is 2.15. The highest BCUT2D eigenvalue weighted by Gasteiger charge is 2.16. The number of para-hydroxylation sites is 1. The normalized spacial score (nSPS) is 12.2. The van der Waals surface area contributed by atoms with E-state index in [-0.39, 0.29) is 19.2 Å². The minimum atomic E-state index is -0.0912. The number of ether oxygens (including phenoxy) is 3. The van der Waals surface area contributed by atoms with Gasteiger partial charge in [-0.1, -0.05) is 18.2 Å². The Morgan fingerprint density at radius 1 is 1.15 bits per heavy atom. The third kappa shape index (κ3) is 2.45. The van der Waals surface area contributed by atoms with Crippen LogP contribution in [-0.2, 0) is 0 Å². The molecule has 0 bridgehead atoms. The summed E-state index contributed by atoms with van der Waals surface area (Å²) in [5.74, 6) is 1.90. The second kappa shape index (κ2) is 5.25. The molecule has 0 saturated heterocycles. The Labute approximate surface area is 116 Å². The fourth-order valence-corrected chi connectivity index (χ4v) is 2.01. The summed E-state index contributed by atoms with van der Waals surface area (Å²) in [5, 5.41) is 0. The lowest BCUT2D eigenvalue weighted by atomic mass is 10.1. The van der Waals surface area contributed by atoms with Crippen molar-refractivity contribution in [3.05, 3.63) is 53.6 Å². The molecule has 0 fully saturated rings. The summed E-state index contributed by atoms with van der Waals surface area (Å²) in [6.07, 6.45) is 0. The van der Waals surface area contributed by atoms with Crippen molar-refractivity contribution in [2.75, 3.05) is 13.4 Å². The monoisotopic (exact) mass is 270 g/mol. The second-order valence-electron chi connectivity index (χ2n) is 4.55. The molecule has 1 aliphatic heterocycles. The van der Waals surface area contributed by atoms with Crippen LogP contribution in [0.5, 0.6) is 17.2 Å². The van der Waals surface area contributed by atoms with Crippen LogP contribution in [-0.4, -0.2) is 19.2 Å². The van der Waals surface area contributed by atoms with Crippen LogP contribution in [0, 0.1) is 6.92 Å². The maximum atomic E-state index is 12.1. The number of hydrogen-bond donors (Lipinski definition) is 0. The maximum absolute atomic E-state index is 12.1. The van der Waals surface area contributed by atoms with Crippen LogP contribution >= 0.6 is 0 Å². The zero-order valence-electron chi connectivity index (χ0n) is 11.1. The number of hydrogen-bond acceptors (Lipinski definition) is 4. The van der Waals surface area contributed by atoms with Gasteiger partial charge in [0, 0.05) is 5.56 Å². The second-order valence-corrected chi connectivity index (χ2v) is 4.55. The first-order chi connectivity index (χ1) is 9.74. The molecule has 0 atom stereocenters. The number of carbonyl (C=O) groups is 1. The molecule has 102 valence electrons. The molecule has 0 aliphatic carbocycles. The van der Waals surface area contributed by atoms with E-state index in [1.165, 1.54) is 0 Å². The molecule has 0 radical (unpaired) electrons. The molecule has 0 unspecified atom stereocenters. The number of carbonyl (C=O) groups excluding carboxylic acids is 1. The van der Waals surface area contributed by atoms with E-state index in [0.29, 0.717) is 17.1 Å². The van der Waals surface area contributed by atoms with Crippen molar-refractivity contribution < 1.29 is 19.0 Å². The van der Waals surface area contributed by atoms with E-state index in [2.05, 4.69) is 0 Å². The first-order valence-corrected chi connectivity index (χ1v) is 6.35. The predicted molar refractivity (Wildman–Crippen MR) is 73.6 cm³/mol. The van der Waals surface area contributed by atoms with Gasteiger partial charge < -0.3 is 14.2 Å². The van der Waals surface area contributed by atoms with E-state index in [1.54, 1.807) is 18.2 Å². The predicted octanol–water partition coefficient (Wildman–Crippen LogP) is 2.99. The lowest BCUT2D eigenvalue weighted by Gasteiger charge is -2.08. The molecule has 4 heteroatoms. The molecular weight excluding hydrogens is 256 g/mol. The van der Waals surface area contributed by atoms with Crippen LogP contribution in [0.4, 0.5) is 0 Å². The SMILES string of the molecule is Cc1ccccc1OCC(=O)c1ccc2c(c1)OCO2. The van der Waals surface area contributed by atoms with Crippen LogP contribution in [0.3, 0.4) is 0 Å². The van der Waals surface area contributed by atoms with Gasteiger partial charge in [-0.15, -0.1) is 0 Å². The number of benzene rings is 2. The molecule has 0 aromatic heterocycles. The highest BCUT2D eigenvalue weighted by molar-refractivity contribution is 5.97. The lowest BCUT2D eigenvalue weighted by molar-refractivity contribution is 0.0920. The molecule has 2 aromatic carbocycles. The van der Waals surface area contributed by atoms with Crippen LogP contribution in [0.1, 0.15) is 15.9 Å². The van der Waals surface area contributed by atoms with Crippen molar-refractivity contribution in [3.63, 3.8) is 0 Å². The highest BCUT2D eigenvalue weighted by atomic mass is 16.7. The molecule has 0 N–H and O–H groups in total. The fourth-order valence-electron chi connectivity index (χ4n) is 2.01. The largest absolute Gasteiger partial charge is 0.485 e. The molecule has 3 rings (SSSR count). The van der Waals surface area contributed by atoms with Crippen molar-refractivity contribution >= 4 is 5.78 Å². The van der Waals surface area contributed by atoms with Crippen molar-refractivity contribution in [2.45, 2.75) is 6.92 Å². The molecule has 0 spiro atoms. The first kappa shape index (κ1) is 12.5. The van der Waals surface area contributed by atoms with Gasteiger partial charge in [-0.3, -0.25) is 4.79 Å². The quantitative estimate of drug-likeness (QED) is 0.801. The standard InChI is InChI=1S/C16H14O4/c1-11-4-2-3-5-14(11)18-9-13(17)12-6-7-15-16(8-12)20-10-19-15/h2-8H,9-10H2,1H3. The first-order valence-electron chi connectivity index (χ1n) is 6.35. The topological polar surface area (TPSA) is 44.8 Å². The summed E-state index contributed by atoms with van der Waals surface area (Å²) >= 11 is 0. The van der Waals surface area contributed by atoms with Gasteiger partial charge in [-0.25, -0.2) is 0 Å². The maximum Gasteiger partial charge on any atom is 0.231 e. The van der Waals surface area contributed by atoms with E-state index in [0.717, 1.165) is 11.3 Å². The molecular formula is C16H14O4. The Kier molecular flexibility index (Phi) is 3.29. The minimum absolute atomic E-state index is 0.00446. The molecule has 20 heavy (non-hydrogen) atoms. The van der Waals surface area contributed by atoms with E-state index >= 15 is 0 Å². The Bertz CT molecular complexity index is 649. The van der Waals surface area contributed by atoms with Crippen LogP contribution in [0.15, 0.2) is 42.5 Å². The molecule has 1 heterocycles. The Morgan fingerprint density at radius 3 is 2.80 bits per heavy atom. The molecule has 0 amide bonds. The minimum Gasteiger partial charge on any atom is -0.485 e. The van der Waals surface area contributed by atoms with Gasteiger partial charge in [-0.2, -0.15) is 0 Å². The number of ketones is 1. The lowest BCUT2D eigenvalue weighted by Crippen LogP contribution is -2.12. The van der Waals surface area contributed by atoms with Crippen molar-refractivity contribution in [3.8, 4) is 17.2 Å². The molecule has 1 aliphatic rings. The zero-order valence-corrected chi connectivity index (χ0v) is 11.1. The molecule has 4 nitrogen and oxygen atoms in total. The summed E-state index contributed by atoms with van der Waals surface area (Å²) in [7, 11) is 0. The van der Waals surface area contributed by atoms with Gasteiger partial charge >= 0.3 is 0 Å². The van der Waals surface area contributed by atoms with Gasteiger partial charge in [0.15, 0.2) is 23.9 Å². The van der Waals surface area contributed by atoms with Crippen LogP contribution in [0.2, 0.25) is 0 Å². The van der Waals surface area contributed by atoms with Gasteiger partial charge in [0.05, 0.1) is 0 Å². The molecule has 2 aromatic rings. The Hall–Kier alpha value is -2.49. The fraction of sp³-hybridized carbons (Fsp3) is 0.188. The van der Waals surface area contributed by atoms with Crippen LogP contribution in [0.25, 0.3) is 0 Å². The van der Waals surface area contributed by atoms with E-state index in [1.807, 2.05) is 31.2 Å². The Balaban J connectivity index is 1.69. The van der Waals surface area contributed by atoms with Gasteiger partial charge in [0.2, 0.25) is 6.79 Å². The van der Waals surface area contributed by atoms with E-state index in [9.17, 15) is 4.79 Å². The van der Waals surface area contributed by atoms with Crippen molar-refractivity contribution in [1.82, 2.24) is 0 Å². The molecule has 0 saturated carbocycles. The third-order valence-corrected chi connectivity index (χ3v) is 3.15. The number of aryl methyl sites for hydroxylation is 1. The summed E-state index contributed by atoms with van der Waals surface area (Å²) in [4.78, 5) is 12.1. The average Bonchev–Trinajstić information content (AvgIpc) is 2.93. The van der Waals surface area contributed by atoms with Crippen molar-refractivity contribution in [2.24, 2.45) is 0 Å². The smallest absolute Gasteiger partial charge is 0.231 e. The van der Waals surface area contributed by atoms with E-state index < -0.39 is 0 Å². The summed E-state index contributed by atoms with van der Waals surface area (Å²) < 4.78 is 16.0. The Morgan fingerprint density at radius 2 is 1.95 bits per heavy atom. The summed E-state index contributed by atoms with van der Waals surface area (Å²) in [6, 6.07) is 12.8. The number of Topliss-reactive ketones (excluding diaryl/α,β-unsaturated/α-hetero) is 1. The summed E-state index contributed by atoms with van der Waals surface area (Å²) in [5.41, 5.74) is 1.56.